The molecule has 0 N–H and O–H groups in total. The van der Waals surface area contributed by atoms with Gasteiger partial charge >= 0.3 is 0 Å². The largest absolute Gasteiger partial charge is 0.310 e. The van der Waals surface area contributed by atoms with Gasteiger partial charge in [0.05, 0.1) is 5.69 Å². The predicted molar refractivity (Wildman–Crippen MR) is 206 cm³/mol. The van der Waals surface area contributed by atoms with Gasteiger partial charge in [0.25, 0.3) is 0 Å². The first-order chi connectivity index (χ1) is 24.2. The SMILES string of the molecule is CC1(c2ccccc2)c2ccccc2-c2c(N(C3=CCC(c4ccccc4)C=C3)c3ccc4cc(-c5ccccc5)ccc4c3)cccc21. The summed E-state index contributed by atoms with van der Waals surface area (Å²) >= 11 is 0. The van der Waals surface area contributed by atoms with Crippen LogP contribution in [0.4, 0.5) is 11.4 Å². The topological polar surface area (TPSA) is 3.24 Å². The van der Waals surface area contributed by atoms with Crippen molar-refractivity contribution in [3.63, 3.8) is 0 Å². The highest BCUT2D eigenvalue weighted by atomic mass is 15.1. The molecule has 7 aromatic carbocycles. The minimum absolute atomic E-state index is 0.263. The monoisotopic (exact) mass is 627 g/mol. The van der Waals surface area contributed by atoms with Crippen LogP contribution < -0.4 is 4.90 Å². The summed E-state index contributed by atoms with van der Waals surface area (Å²) in [6.45, 7) is 2.39. The smallest absolute Gasteiger partial charge is 0.0543 e. The number of anilines is 2. The molecule has 9 rings (SSSR count). The van der Waals surface area contributed by atoms with Crippen LogP contribution in [0, 0.1) is 0 Å². The third-order valence-electron chi connectivity index (χ3n) is 10.7. The van der Waals surface area contributed by atoms with Crippen LogP contribution in [0.15, 0.2) is 194 Å². The highest BCUT2D eigenvalue weighted by molar-refractivity contribution is 5.97. The van der Waals surface area contributed by atoms with E-state index in [1.807, 2.05) is 0 Å². The van der Waals surface area contributed by atoms with E-state index < -0.39 is 0 Å². The molecule has 2 unspecified atom stereocenters. The van der Waals surface area contributed by atoms with E-state index >= 15 is 0 Å². The van der Waals surface area contributed by atoms with Crippen LogP contribution in [0.25, 0.3) is 33.0 Å². The van der Waals surface area contributed by atoms with Gasteiger partial charge < -0.3 is 4.90 Å². The first kappa shape index (κ1) is 29.2. The Labute approximate surface area is 289 Å². The summed E-state index contributed by atoms with van der Waals surface area (Å²) in [5.41, 5.74) is 13.8. The Bertz CT molecular complexity index is 2370. The molecule has 0 bridgehead atoms. The summed E-state index contributed by atoms with van der Waals surface area (Å²) in [4.78, 5) is 2.49. The number of hydrogen-bond donors (Lipinski definition) is 0. The van der Waals surface area contributed by atoms with Gasteiger partial charge in [-0.25, -0.2) is 0 Å². The molecule has 0 heterocycles. The van der Waals surface area contributed by atoms with Crippen molar-refractivity contribution in [1.82, 2.24) is 0 Å². The maximum Gasteiger partial charge on any atom is 0.0543 e. The summed E-state index contributed by atoms with van der Waals surface area (Å²) in [7, 11) is 0. The van der Waals surface area contributed by atoms with Crippen molar-refractivity contribution in [3.05, 3.63) is 216 Å². The standard InChI is InChI=1S/C48H37N/c1-48(40-18-9-4-10-19-40)44-21-12-11-20-43(44)47-45(48)22-13-23-46(47)49(41-29-26-36(27-30-41)34-14-5-2-6-15-34)42-31-28-38-32-37(24-25-39(38)33-42)35-16-7-3-8-17-35/h2-26,28-33,36H,27H2,1H3. The van der Waals surface area contributed by atoms with E-state index in [1.54, 1.807) is 0 Å². The molecule has 49 heavy (non-hydrogen) atoms. The maximum absolute atomic E-state index is 2.49. The lowest BCUT2D eigenvalue weighted by atomic mass is 9.74. The van der Waals surface area contributed by atoms with Crippen LogP contribution in [0.3, 0.4) is 0 Å². The molecule has 0 spiro atoms. The van der Waals surface area contributed by atoms with Crippen molar-refractivity contribution < 1.29 is 0 Å². The zero-order chi connectivity index (χ0) is 32.8. The predicted octanol–water partition coefficient (Wildman–Crippen LogP) is 12.6. The van der Waals surface area contributed by atoms with E-state index in [9.17, 15) is 0 Å². The van der Waals surface area contributed by atoms with Crippen molar-refractivity contribution in [2.75, 3.05) is 4.90 Å². The molecule has 2 aliphatic rings. The van der Waals surface area contributed by atoms with Crippen LogP contribution in [0.2, 0.25) is 0 Å². The number of nitrogens with zero attached hydrogens (tertiary/aromatic N) is 1. The van der Waals surface area contributed by atoms with Gasteiger partial charge in [-0.3, -0.25) is 0 Å². The summed E-state index contributed by atoms with van der Waals surface area (Å²) in [5.74, 6) is 0.364. The maximum atomic E-state index is 2.49. The Morgan fingerprint density at radius 2 is 1.24 bits per heavy atom. The molecule has 2 aliphatic carbocycles. The van der Waals surface area contributed by atoms with Gasteiger partial charge in [0.15, 0.2) is 0 Å². The Kier molecular flexibility index (Phi) is 7.13. The zero-order valence-corrected chi connectivity index (χ0v) is 27.6. The second-order valence-electron chi connectivity index (χ2n) is 13.4. The molecule has 0 aromatic heterocycles. The van der Waals surface area contributed by atoms with Gasteiger partial charge in [-0.1, -0.05) is 158 Å². The van der Waals surface area contributed by atoms with E-state index in [0.717, 1.165) is 12.1 Å². The van der Waals surface area contributed by atoms with Crippen LogP contribution in [0.5, 0.6) is 0 Å². The summed E-state index contributed by atoms with van der Waals surface area (Å²) in [6, 6.07) is 62.2. The van der Waals surface area contributed by atoms with Gasteiger partial charge in [-0.2, -0.15) is 0 Å². The van der Waals surface area contributed by atoms with E-state index in [2.05, 4.69) is 200 Å². The second kappa shape index (κ2) is 12.0. The third kappa shape index (κ3) is 4.93. The van der Waals surface area contributed by atoms with E-state index in [0.29, 0.717) is 5.92 Å². The average molecular weight is 628 g/mol. The average Bonchev–Trinajstić information content (AvgIpc) is 3.45. The Morgan fingerprint density at radius 3 is 2.02 bits per heavy atom. The zero-order valence-electron chi connectivity index (χ0n) is 27.6. The quantitative estimate of drug-likeness (QED) is 0.177. The molecule has 1 nitrogen and oxygen atoms in total. The van der Waals surface area contributed by atoms with Gasteiger partial charge in [-0.15, -0.1) is 0 Å². The normalized spacial score (nSPS) is 17.7. The van der Waals surface area contributed by atoms with Gasteiger partial charge in [-0.05, 0) is 93.4 Å². The highest BCUT2D eigenvalue weighted by Crippen LogP contribution is 2.56. The number of benzene rings is 7. The minimum atomic E-state index is -0.263. The van der Waals surface area contributed by atoms with E-state index in [-0.39, 0.29) is 5.41 Å². The molecule has 7 aromatic rings. The molecule has 0 saturated heterocycles. The van der Waals surface area contributed by atoms with Crippen molar-refractivity contribution >= 4 is 22.1 Å². The van der Waals surface area contributed by atoms with E-state index in [1.165, 1.54) is 66.7 Å². The van der Waals surface area contributed by atoms with Crippen molar-refractivity contribution in [2.45, 2.75) is 24.7 Å². The summed E-state index contributed by atoms with van der Waals surface area (Å²) in [6.07, 6.45) is 8.10. The molecular formula is C48H37N. The van der Waals surface area contributed by atoms with Gasteiger partial charge in [0, 0.05) is 28.3 Å². The Balaban J connectivity index is 1.22. The molecule has 234 valence electrons. The van der Waals surface area contributed by atoms with Crippen molar-refractivity contribution in [3.8, 4) is 22.3 Å². The van der Waals surface area contributed by atoms with Crippen molar-refractivity contribution in [2.24, 2.45) is 0 Å². The lowest BCUT2D eigenvalue weighted by molar-refractivity contribution is 0.714. The van der Waals surface area contributed by atoms with Crippen LogP contribution >= 0.6 is 0 Å². The molecular weight excluding hydrogens is 591 g/mol. The minimum Gasteiger partial charge on any atom is -0.310 e. The molecule has 1 heteroatoms. The third-order valence-corrected chi connectivity index (χ3v) is 10.7. The lowest BCUT2D eigenvalue weighted by Crippen LogP contribution is -2.23. The summed E-state index contributed by atoms with van der Waals surface area (Å²) < 4.78 is 0. The number of fused-ring (bicyclic) bond motifs is 4. The number of allylic oxidation sites excluding steroid dienone is 3. The van der Waals surface area contributed by atoms with Gasteiger partial charge in [0.1, 0.15) is 0 Å². The fourth-order valence-corrected chi connectivity index (χ4v) is 8.12. The van der Waals surface area contributed by atoms with Crippen molar-refractivity contribution in [1.29, 1.82) is 0 Å². The van der Waals surface area contributed by atoms with Gasteiger partial charge in [0.2, 0.25) is 0 Å². The lowest BCUT2D eigenvalue weighted by Gasteiger charge is -2.32. The first-order valence-corrected chi connectivity index (χ1v) is 17.3. The number of rotatable bonds is 6. The van der Waals surface area contributed by atoms with E-state index in [4.69, 9.17) is 0 Å². The Morgan fingerprint density at radius 1 is 0.571 bits per heavy atom. The molecule has 0 fully saturated rings. The fourth-order valence-electron chi connectivity index (χ4n) is 8.12. The Hall–Kier alpha value is -5.92. The molecule has 0 amide bonds. The number of hydrogen-bond acceptors (Lipinski definition) is 1. The van der Waals surface area contributed by atoms with Crippen LogP contribution in [-0.4, -0.2) is 0 Å². The second-order valence-corrected chi connectivity index (χ2v) is 13.4. The first-order valence-electron chi connectivity index (χ1n) is 17.3. The fraction of sp³-hybridized carbons (Fsp3) is 0.0833. The molecule has 0 radical (unpaired) electrons. The van der Waals surface area contributed by atoms with Crippen LogP contribution in [0.1, 0.15) is 41.5 Å². The van der Waals surface area contributed by atoms with Crippen LogP contribution in [-0.2, 0) is 5.41 Å². The molecule has 0 saturated carbocycles. The molecule has 0 aliphatic heterocycles. The summed E-state index contributed by atoms with van der Waals surface area (Å²) in [5, 5.41) is 2.47. The highest BCUT2D eigenvalue weighted by Gasteiger charge is 2.42. The molecule has 2 atom stereocenters.